The lowest BCUT2D eigenvalue weighted by atomic mass is 9.98. The zero-order valence-corrected chi connectivity index (χ0v) is 12.8. The van der Waals surface area contributed by atoms with Crippen molar-refractivity contribution in [2.45, 2.75) is 47.0 Å². The minimum absolute atomic E-state index is 0.194. The average molecular weight is 261 g/mol. The Morgan fingerprint density at radius 2 is 1.68 bits per heavy atom. The number of carbonyl (C=O) groups excluding carboxylic acids is 1. The van der Waals surface area contributed by atoms with Crippen molar-refractivity contribution in [3.05, 3.63) is 35.4 Å². The van der Waals surface area contributed by atoms with Crippen molar-refractivity contribution >= 4 is 5.91 Å². The number of carbonyl (C=O) groups is 1. The first-order valence-corrected chi connectivity index (χ1v) is 7.59. The molecule has 2 nitrogen and oxygen atoms in total. The Labute approximate surface area is 117 Å². The molecule has 0 aliphatic carbocycles. The lowest BCUT2D eigenvalue weighted by Gasteiger charge is -2.30. The summed E-state index contributed by atoms with van der Waals surface area (Å²) < 4.78 is 0. The van der Waals surface area contributed by atoms with Crippen molar-refractivity contribution in [3.8, 4) is 0 Å². The van der Waals surface area contributed by atoms with E-state index in [0.717, 1.165) is 43.8 Å². The molecule has 19 heavy (non-hydrogen) atoms. The number of aryl methyl sites for hydroxylation is 1. The summed E-state index contributed by atoms with van der Waals surface area (Å²) in [7, 11) is 0. The van der Waals surface area contributed by atoms with Gasteiger partial charge in [0.15, 0.2) is 0 Å². The van der Waals surface area contributed by atoms with Crippen molar-refractivity contribution in [1.29, 1.82) is 0 Å². The number of nitrogens with zero attached hydrogens (tertiary/aromatic N) is 1. The van der Waals surface area contributed by atoms with E-state index >= 15 is 0 Å². The van der Waals surface area contributed by atoms with E-state index < -0.39 is 0 Å². The molecule has 1 amide bonds. The van der Waals surface area contributed by atoms with Gasteiger partial charge in [-0.05, 0) is 42.9 Å². The maximum Gasteiger partial charge on any atom is 0.253 e. The smallest absolute Gasteiger partial charge is 0.253 e. The molecule has 0 saturated carbocycles. The van der Waals surface area contributed by atoms with Crippen LogP contribution in [0.4, 0.5) is 0 Å². The second-order valence-corrected chi connectivity index (χ2v) is 5.03. The number of hydrogen-bond acceptors (Lipinski definition) is 1. The van der Waals surface area contributed by atoms with E-state index in [9.17, 15) is 4.79 Å². The van der Waals surface area contributed by atoms with Gasteiger partial charge >= 0.3 is 0 Å². The van der Waals surface area contributed by atoms with Crippen LogP contribution >= 0.6 is 0 Å². The Bertz CT molecular complexity index is 375. The van der Waals surface area contributed by atoms with E-state index in [1.165, 1.54) is 5.56 Å². The van der Waals surface area contributed by atoms with Crippen molar-refractivity contribution in [2.75, 3.05) is 13.1 Å². The molecule has 1 saturated heterocycles. The number of benzene rings is 1. The summed E-state index contributed by atoms with van der Waals surface area (Å²) in [4.78, 5) is 14.2. The molecule has 1 heterocycles. The van der Waals surface area contributed by atoms with Crippen LogP contribution in [0.2, 0.25) is 0 Å². The van der Waals surface area contributed by atoms with Gasteiger partial charge in [0, 0.05) is 18.7 Å². The summed E-state index contributed by atoms with van der Waals surface area (Å²) in [6.45, 7) is 10.2. The molecule has 0 unspecified atom stereocenters. The van der Waals surface area contributed by atoms with Gasteiger partial charge in [-0.2, -0.15) is 0 Å². The average Bonchev–Trinajstić information content (AvgIpc) is 2.49. The first kappa shape index (κ1) is 15.7. The highest BCUT2D eigenvalue weighted by Gasteiger charge is 2.21. The summed E-state index contributed by atoms with van der Waals surface area (Å²) >= 11 is 0. The molecule has 0 aromatic heterocycles. The summed E-state index contributed by atoms with van der Waals surface area (Å²) in [6, 6.07) is 8.03. The third-order valence-electron chi connectivity index (χ3n) is 3.68. The number of rotatable bonds is 2. The standard InChI is InChI=1S/C15H21NO.C2H6/c1-3-13-4-6-14(7-5-13)15(17)16-10-8-12(2)9-11-16;1-2/h4-7,12H,3,8-11H2,1-2H3;1-2H3. The van der Waals surface area contributed by atoms with Crippen LogP contribution in [0.5, 0.6) is 0 Å². The van der Waals surface area contributed by atoms with E-state index in [2.05, 4.69) is 26.0 Å². The number of amides is 1. The molecule has 0 spiro atoms. The quantitative estimate of drug-likeness (QED) is 0.783. The molecule has 1 aliphatic rings. The molecule has 2 rings (SSSR count). The normalized spacial score (nSPS) is 15.7. The van der Waals surface area contributed by atoms with Crippen LogP contribution in [0.3, 0.4) is 0 Å². The Balaban J connectivity index is 0.000000861. The predicted octanol–water partition coefficient (Wildman–Crippen LogP) is 4.15. The van der Waals surface area contributed by atoms with Crippen molar-refractivity contribution in [2.24, 2.45) is 5.92 Å². The van der Waals surface area contributed by atoms with E-state index in [1.807, 2.05) is 30.9 Å². The highest BCUT2D eigenvalue weighted by Crippen LogP contribution is 2.18. The molecule has 1 aromatic rings. The summed E-state index contributed by atoms with van der Waals surface area (Å²) in [5.41, 5.74) is 2.12. The maximum atomic E-state index is 12.2. The molecule has 106 valence electrons. The highest BCUT2D eigenvalue weighted by atomic mass is 16.2. The molecule has 0 atom stereocenters. The number of piperidine rings is 1. The topological polar surface area (TPSA) is 20.3 Å². The van der Waals surface area contributed by atoms with Gasteiger partial charge in [0.2, 0.25) is 0 Å². The van der Waals surface area contributed by atoms with Crippen LogP contribution in [-0.4, -0.2) is 23.9 Å². The SMILES string of the molecule is CC.CCc1ccc(C(=O)N2CCC(C)CC2)cc1. The summed E-state index contributed by atoms with van der Waals surface area (Å²) in [5, 5.41) is 0. The molecule has 1 aliphatic heterocycles. The maximum absolute atomic E-state index is 12.2. The second-order valence-electron chi connectivity index (χ2n) is 5.03. The van der Waals surface area contributed by atoms with Crippen LogP contribution in [0.1, 0.15) is 56.5 Å². The Kier molecular flexibility index (Phi) is 6.61. The molecule has 0 bridgehead atoms. The Morgan fingerprint density at radius 1 is 1.16 bits per heavy atom. The van der Waals surface area contributed by atoms with Crippen LogP contribution in [-0.2, 0) is 6.42 Å². The molecule has 0 radical (unpaired) electrons. The van der Waals surface area contributed by atoms with E-state index in [1.54, 1.807) is 0 Å². The predicted molar refractivity (Wildman–Crippen MR) is 81.5 cm³/mol. The Morgan fingerprint density at radius 3 is 2.16 bits per heavy atom. The molecule has 0 N–H and O–H groups in total. The third-order valence-corrected chi connectivity index (χ3v) is 3.68. The van der Waals surface area contributed by atoms with Gasteiger partial charge in [-0.3, -0.25) is 4.79 Å². The van der Waals surface area contributed by atoms with Crippen LogP contribution in [0.15, 0.2) is 24.3 Å². The Hall–Kier alpha value is -1.31. The van der Waals surface area contributed by atoms with Crippen LogP contribution in [0.25, 0.3) is 0 Å². The fourth-order valence-corrected chi connectivity index (χ4v) is 2.28. The molecular weight excluding hydrogens is 234 g/mol. The summed E-state index contributed by atoms with van der Waals surface area (Å²) in [6.07, 6.45) is 3.30. The van der Waals surface area contributed by atoms with E-state index in [0.29, 0.717) is 0 Å². The van der Waals surface area contributed by atoms with Crippen molar-refractivity contribution in [3.63, 3.8) is 0 Å². The zero-order valence-electron chi connectivity index (χ0n) is 12.8. The molecule has 1 fully saturated rings. The third kappa shape index (κ3) is 4.38. The fourth-order valence-electron chi connectivity index (χ4n) is 2.28. The summed E-state index contributed by atoms with van der Waals surface area (Å²) in [5.74, 6) is 0.959. The monoisotopic (exact) mass is 261 g/mol. The molecule has 2 heteroatoms. The van der Waals surface area contributed by atoms with Gasteiger partial charge in [0.05, 0.1) is 0 Å². The number of hydrogen-bond donors (Lipinski definition) is 0. The zero-order chi connectivity index (χ0) is 14.3. The minimum Gasteiger partial charge on any atom is -0.339 e. The highest BCUT2D eigenvalue weighted by molar-refractivity contribution is 5.94. The van der Waals surface area contributed by atoms with Gasteiger partial charge in [0.25, 0.3) is 5.91 Å². The van der Waals surface area contributed by atoms with Gasteiger partial charge < -0.3 is 4.90 Å². The van der Waals surface area contributed by atoms with E-state index in [4.69, 9.17) is 0 Å². The van der Waals surface area contributed by atoms with Gasteiger partial charge in [-0.1, -0.05) is 39.8 Å². The largest absolute Gasteiger partial charge is 0.339 e. The first-order valence-electron chi connectivity index (χ1n) is 7.59. The van der Waals surface area contributed by atoms with Crippen molar-refractivity contribution < 1.29 is 4.79 Å². The van der Waals surface area contributed by atoms with E-state index in [-0.39, 0.29) is 5.91 Å². The second kappa shape index (κ2) is 7.98. The first-order chi connectivity index (χ1) is 9.20. The lowest BCUT2D eigenvalue weighted by molar-refractivity contribution is 0.0697. The van der Waals surface area contributed by atoms with Gasteiger partial charge in [0.1, 0.15) is 0 Å². The van der Waals surface area contributed by atoms with Crippen LogP contribution < -0.4 is 0 Å². The minimum atomic E-state index is 0.194. The van der Waals surface area contributed by atoms with Crippen LogP contribution in [0, 0.1) is 5.92 Å². The number of likely N-dealkylation sites (tertiary alicyclic amines) is 1. The van der Waals surface area contributed by atoms with Gasteiger partial charge in [-0.25, -0.2) is 0 Å². The lowest BCUT2D eigenvalue weighted by Crippen LogP contribution is -2.37. The van der Waals surface area contributed by atoms with Gasteiger partial charge in [-0.15, -0.1) is 0 Å². The molecular formula is C17H27NO. The van der Waals surface area contributed by atoms with Crippen molar-refractivity contribution in [1.82, 2.24) is 4.90 Å². The fraction of sp³-hybridized carbons (Fsp3) is 0.588. The molecule has 1 aromatic carbocycles.